The summed E-state index contributed by atoms with van der Waals surface area (Å²) in [7, 11) is -14.8. The Kier molecular flexibility index (Phi) is 30.0. The second-order valence-corrected chi connectivity index (χ2v) is 39.8. The van der Waals surface area contributed by atoms with E-state index in [9.17, 15) is 62.0 Å². The van der Waals surface area contributed by atoms with E-state index in [4.69, 9.17) is 44.3 Å². The van der Waals surface area contributed by atoms with Gasteiger partial charge in [0.15, 0.2) is 33.2 Å². The Morgan fingerprint density at radius 3 is 1.53 bits per heavy atom. The molecule has 7 N–H and O–H groups in total. The Labute approximate surface area is 765 Å². The fourth-order valence-electron chi connectivity index (χ4n) is 13.6. The van der Waals surface area contributed by atoms with Gasteiger partial charge in [-0.2, -0.15) is 0 Å². The molecule has 676 valence electrons. The first kappa shape index (κ1) is 91.6. The Balaban J connectivity index is 0.000000456. The van der Waals surface area contributed by atoms with Gasteiger partial charge in [0.25, 0.3) is 51.9 Å². The predicted octanol–water partition coefficient (Wildman–Crippen LogP) is 16.3. The minimum Gasteiger partial charge on any atom is -0.484 e. The molecule has 0 saturated carbocycles. The first-order valence-electron chi connectivity index (χ1n) is 38.5. The van der Waals surface area contributed by atoms with Gasteiger partial charge in [0.2, 0.25) is 11.8 Å². The van der Waals surface area contributed by atoms with Crippen LogP contribution in [0, 0.1) is 11.7 Å². The molecule has 0 spiro atoms. The lowest BCUT2D eigenvalue weighted by Gasteiger charge is -2.42. The van der Waals surface area contributed by atoms with Crippen molar-refractivity contribution in [3.05, 3.63) is 237 Å². The Hall–Kier alpha value is -11.1. The van der Waals surface area contributed by atoms with Crippen LogP contribution < -0.4 is 59.2 Å². The molecule has 9 heterocycles. The van der Waals surface area contributed by atoms with E-state index in [0.717, 1.165) is 65.7 Å². The molecule has 4 fully saturated rings. The van der Waals surface area contributed by atoms with Crippen molar-refractivity contribution in [3.63, 3.8) is 0 Å². The van der Waals surface area contributed by atoms with Crippen molar-refractivity contribution in [2.75, 3.05) is 109 Å². The van der Waals surface area contributed by atoms with Crippen molar-refractivity contribution >= 4 is 210 Å². The summed E-state index contributed by atoms with van der Waals surface area (Å²) in [6.07, 6.45) is 7.32. The molecular formula is C81H101Cl3FN17O15S8. The van der Waals surface area contributed by atoms with Crippen LogP contribution in [0.2, 0.25) is 15.1 Å². The number of hydrogen-bond acceptors (Lipinski definition) is 26. The summed E-state index contributed by atoms with van der Waals surface area (Å²) >= 11 is 22.3. The molecule has 7 aromatic carbocycles. The van der Waals surface area contributed by atoms with Gasteiger partial charge in [-0.1, -0.05) is 59.9 Å². The van der Waals surface area contributed by atoms with Crippen LogP contribution in [0.4, 0.5) is 58.1 Å². The normalized spacial score (nSPS) is 16.3. The summed E-state index contributed by atoms with van der Waals surface area (Å²) in [5.74, 6) is -0.701. The van der Waals surface area contributed by atoms with Crippen LogP contribution in [-0.4, -0.2) is 176 Å². The van der Waals surface area contributed by atoms with Gasteiger partial charge in [-0.25, -0.2) is 62.8 Å². The van der Waals surface area contributed by atoms with E-state index in [0.29, 0.717) is 76.7 Å². The molecule has 5 aromatic heterocycles. The zero-order chi connectivity index (χ0) is 88.7. The Morgan fingerprint density at radius 2 is 1.05 bits per heavy atom. The number of hydrogen-bond donors (Lipinski definition) is 7. The molecule has 12 aromatic rings. The van der Waals surface area contributed by atoms with Crippen LogP contribution in [-0.2, 0) is 64.0 Å². The molecule has 5 amide bonds. The zero-order valence-electron chi connectivity index (χ0n) is 66.5. The average Bonchev–Trinajstić information content (AvgIpc) is 1.79. The lowest BCUT2D eigenvalue weighted by atomic mass is 9.99. The van der Waals surface area contributed by atoms with Crippen molar-refractivity contribution in [1.82, 2.24) is 40.0 Å². The van der Waals surface area contributed by atoms with Crippen molar-refractivity contribution in [1.29, 1.82) is 0 Å². The lowest BCUT2D eigenvalue weighted by Crippen LogP contribution is -2.55. The summed E-state index contributed by atoms with van der Waals surface area (Å²) in [5.41, 5.74) is 4.38. The van der Waals surface area contributed by atoms with Gasteiger partial charge < -0.3 is 49.2 Å². The number of thiazole rings is 4. The number of ether oxygens (including phenoxy) is 2. The fraction of sp³-hybridized carbons (Fsp3) is 0.247. The number of fused-ring (bicyclic) bond motifs is 1. The number of rotatable bonds is 27. The number of halogens is 4. The minimum absolute atomic E-state index is 0. The number of carbonyl (C=O) groups is 5. The molecule has 4 saturated heterocycles. The lowest BCUT2D eigenvalue weighted by molar-refractivity contribution is -0.136. The van der Waals surface area contributed by atoms with Gasteiger partial charge in [-0.15, -0.1) is 45.3 Å². The fourth-order valence-corrected chi connectivity index (χ4v) is 21.3. The molecular weight excluding hydrogens is 1830 g/mol. The van der Waals surface area contributed by atoms with E-state index in [-0.39, 0.29) is 110 Å². The largest absolute Gasteiger partial charge is 0.484 e. The van der Waals surface area contributed by atoms with Gasteiger partial charge in [-0.05, 0) is 172 Å². The number of sulfonamides is 4. The summed E-state index contributed by atoms with van der Waals surface area (Å²) in [5, 5.41) is 18.2. The van der Waals surface area contributed by atoms with Crippen molar-refractivity contribution in [2.45, 2.75) is 77.4 Å². The number of carbonyl (C=O) groups excluding carboxylic acids is 5. The van der Waals surface area contributed by atoms with Crippen LogP contribution in [0.25, 0.3) is 10.9 Å². The summed E-state index contributed by atoms with van der Waals surface area (Å²) in [6.45, 7) is 11.3. The standard InChI is InChI=1S/C25H27N5O3S2.C21H20ClFN4O4S2.C20H16Cl2N4O5S2.C15H18N4O3S2.10H2/c1-18-17-28(21-7-9-22(10-8-21)35(32,33)27-25-26-12-16-34-25)14-15-29(18)24(31)19(2)30-13-11-20-5-3-4-6-23(20)30;22-18-6-3-16(9-19(18)23)31-13-20(28)25-10-14-11-27(12-14)15-1-4-17(5-2-15)33(29,30)26-21-24-7-8-32-21;21-12-1-6-16(15(22)11-12)24-20(28)31-17-7-9-26(18(17)27)13-2-4-14(5-3-13)33(29,30)25-19-23-8-10-32-19;1-2-16-13-7-9-19(14(13)20)11-3-5-12(6-4-11)24(21,22)18-15-17-8-10-23-15;;;;;;;;;;/h3-13,16,18-19H,14-15,17H2,1-2H3,(H,26,27);1-9,14H,10-13H2,(H,24,26)(H,25,28);1-6,8,10-11,17H,7,9H2,(H,23,25)(H,24,28);3-6,8,10,13,16H,2,7,9H2,1H3,(H,17,18);10*1H/t18?,19-;;17-;13-;;;;;;;;;;/m1.00........../s1. The molecule has 1 unspecified atom stereocenters. The predicted molar refractivity (Wildman–Crippen MR) is 506 cm³/mol. The number of benzene rings is 7. The SMILES string of the molecule is CC1CN(c2ccc(S(=O)(=O)Nc3nccs3)cc2)CCN1C(=O)[C@@H](C)n1ccc2ccccc21.CCN[C@H]1CCN(c2ccc(S(=O)(=O)Nc3nccs3)cc2)C1=O.O=C(COc1ccc(Cl)c(F)c1)NCC1CN(c2ccc(S(=O)(=O)Nc3nccs3)cc2)C1.O=C(Nc1ccc(Cl)cc1Cl)O[C@H]1CCN(c2ccc(S(=O)(=O)Nc3nccs3)cc2)C1=O.[HH].[HH].[HH].[HH].[HH].[HH].[HH].[HH].[HH].[HH]. The number of anilines is 9. The average molecular weight is 1930 g/mol. The van der Waals surface area contributed by atoms with Gasteiger partial charge in [0.05, 0.1) is 41.4 Å². The van der Waals surface area contributed by atoms with Crippen LogP contribution >= 0.6 is 80.1 Å². The van der Waals surface area contributed by atoms with Crippen molar-refractivity contribution in [2.24, 2.45) is 5.92 Å². The number of nitrogens with one attached hydrogen (secondary N) is 7. The quantitative estimate of drug-likeness (QED) is 0.0251. The Bertz CT molecular complexity index is 6290. The second kappa shape index (κ2) is 40.9. The summed E-state index contributed by atoms with van der Waals surface area (Å²) < 4.78 is 135. The molecule has 32 nitrogen and oxygen atoms in total. The van der Waals surface area contributed by atoms with E-state index in [1.54, 1.807) is 87.2 Å². The van der Waals surface area contributed by atoms with E-state index in [2.05, 4.69) is 77.6 Å². The van der Waals surface area contributed by atoms with E-state index in [1.165, 1.54) is 118 Å². The molecule has 125 heavy (non-hydrogen) atoms. The molecule has 0 bridgehead atoms. The van der Waals surface area contributed by atoms with Gasteiger partial charge in [0.1, 0.15) is 17.6 Å². The minimum atomic E-state index is -3.80. The third kappa shape index (κ3) is 23.5. The highest BCUT2D eigenvalue weighted by molar-refractivity contribution is 7.94. The van der Waals surface area contributed by atoms with Crippen LogP contribution in [0.5, 0.6) is 5.75 Å². The summed E-state index contributed by atoms with van der Waals surface area (Å²) in [4.78, 5) is 88.2. The summed E-state index contributed by atoms with van der Waals surface area (Å²) in [6, 6.07) is 43.8. The van der Waals surface area contributed by atoms with E-state index < -0.39 is 64.0 Å². The number of nitrogens with zero attached hydrogens (tertiary/aromatic N) is 10. The monoisotopic (exact) mass is 1930 g/mol. The zero-order valence-corrected chi connectivity index (χ0v) is 75.3. The maximum absolute atomic E-state index is 13.4. The second-order valence-electron chi connectivity index (χ2n) is 28.3. The van der Waals surface area contributed by atoms with Crippen molar-refractivity contribution < 1.29 is 85.8 Å². The van der Waals surface area contributed by atoms with E-state index >= 15 is 0 Å². The molecule has 44 heteroatoms. The number of piperazine rings is 1. The smallest absolute Gasteiger partial charge is 0.412 e. The maximum atomic E-state index is 13.4. The first-order valence-corrected chi connectivity index (χ1v) is 49.0. The molecule has 0 radical (unpaired) electrons. The van der Waals surface area contributed by atoms with Crippen LogP contribution in [0.1, 0.15) is 53.9 Å². The molecule has 4 atom stereocenters. The molecule has 16 rings (SSSR count). The van der Waals surface area contributed by atoms with E-state index in [1.807, 2.05) is 65.9 Å². The molecule has 4 aliphatic heterocycles. The number of aromatic nitrogens is 5. The highest BCUT2D eigenvalue weighted by Gasteiger charge is 2.38. The van der Waals surface area contributed by atoms with Gasteiger partial charge in [0, 0.05) is 177 Å². The Morgan fingerprint density at radius 1 is 0.560 bits per heavy atom. The number of amides is 5. The molecule has 4 aliphatic rings. The highest BCUT2D eigenvalue weighted by atomic mass is 35.5. The van der Waals surface area contributed by atoms with Gasteiger partial charge >= 0.3 is 6.09 Å². The first-order chi connectivity index (χ1) is 59.9. The van der Waals surface area contributed by atoms with Crippen LogP contribution in [0.15, 0.2) is 236 Å². The van der Waals surface area contributed by atoms with Crippen molar-refractivity contribution in [3.8, 4) is 5.75 Å². The molecule has 0 aliphatic carbocycles. The highest BCUT2D eigenvalue weighted by Crippen LogP contribution is 2.34. The third-order valence-corrected chi connectivity index (χ3v) is 29.5. The topological polar surface area (TPSA) is 397 Å². The maximum Gasteiger partial charge on any atom is 0.412 e. The third-order valence-electron chi connectivity index (χ3n) is 19.9. The van der Waals surface area contributed by atoms with Gasteiger partial charge in [-0.3, -0.25) is 43.4 Å². The number of likely N-dealkylation sites (N-methyl/N-ethyl adjacent to an activating group) is 1. The van der Waals surface area contributed by atoms with Crippen LogP contribution in [0.3, 0.4) is 0 Å². The number of para-hydroxylation sites is 1.